The first-order chi connectivity index (χ1) is 16.6. The molecule has 3 atom stereocenters. The molecule has 3 aliphatic rings. The quantitative estimate of drug-likeness (QED) is 0.311. The Labute approximate surface area is 209 Å². The summed E-state index contributed by atoms with van der Waals surface area (Å²) in [5.41, 5.74) is 7.65. The summed E-state index contributed by atoms with van der Waals surface area (Å²) in [5.74, 6) is -0.485. The minimum absolute atomic E-state index is 0.0252. The summed E-state index contributed by atoms with van der Waals surface area (Å²) in [6, 6.07) is 0. The molecule has 0 aromatic heterocycles. The summed E-state index contributed by atoms with van der Waals surface area (Å²) in [6.07, 6.45) is 28.6. The lowest BCUT2D eigenvalue weighted by molar-refractivity contribution is -0.134. The molecule has 194 valence electrons. The van der Waals surface area contributed by atoms with Gasteiger partial charge in [-0.3, -0.25) is 0 Å². The Hall–Kier alpha value is -1.13. The number of allylic oxidation sites excluding steroid dienone is 2. The maximum absolute atomic E-state index is 12.3. The van der Waals surface area contributed by atoms with Gasteiger partial charge in [0.1, 0.15) is 0 Å². The highest BCUT2D eigenvalue weighted by Gasteiger charge is 2.46. The van der Waals surface area contributed by atoms with Crippen molar-refractivity contribution in [2.24, 2.45) is 17.1 Å². The SMILES string of the molecule is NCCCCCCCCCC[C@]12C=C3C=C(C(=O)O)[C@H]1CCN(CCCCCCCCCC3)C2. The molecule has 0 spiro atoms. The maximum Gasteiger partial charge on any atom is 0.331 e. The van der Waals surface area contributed by atoms with E-state index in [4.69, 9.17) is 5.73 Å². The van der Waals surface area contributed by atoms with E-state index in [-0.39, 0.29) is 11.3 Å². The van der Waals surface area contributed by atoms with Crippen LogP contribution >= 0.6 is 0 Å². The number of carboxylic acids is 1. The molecule has 0 saturated carbocycles. The van der Waals surface area contributed by atoms with Crippen LogP contribution in [0.4, 0.5) is 0 Å². The molecule has 1 fully saturated rings. The number of hydrogen-bond acceptors (Lipinski definition) is 3. The zero-order valence-electron chi connectivity index (χ0n) is 21.9. The van der Waals surface area contributed by atoms with Crippen molar-refractivity contribution in [1.29, 1.82) is 0 Å². The zero-order valence-corrected chi connectivity index (χ0v) is 21.9. The molecule has 4 heteroatoms. The molecule has 2 heterocycles. The van der Waals surface area contributed by atoms with Crippen molar-refractivity contribution < 1.29 is 9.90 Å². The van der Waals surface area contributed by atoms with Crippen LogP contribution in [0.2, 0.25) is 0 Å². The second-order valence-corrected chi connectivity index (χ2v) is 11.4. The predicted molar refractivity (Wildman–Crippen MR) is 143 cm³/mol. The lowest BCUT2D eigenvalue weighted by atomic mass is 9.61. The van der Waals surface area contributed by atoms with Crippen molar-refractivity contribution in [3.8, 4) is 0 Å². The third-order valence-electron chi connectivity index (χ3n) is 8.67. The zero-order chi connectivity index (χ0) is 24.1. The van der Waals surface area contributed by atoms with E-state index in [1.54, 1.807) is 0 Å². The standard InChI is InChI=1S/C30H52N2O2/c31-20-15-11-7-3-2-6-10-14-19-30-24-26-17-13-9-5-1-4-8-12-16-21-32(25-30)22-18-28(30)27(23-26)29(33)34/h23-24,28H,1-22,25,31H2,(H,33,34)/t28-,30-/m1/s1. The Balaban J connectivity index is 1.66. The van der Waals surface area contributed by atoms with Gasteiger partial charge in [0.05, 0.1) is 0 Å². The second kappa shape index (κ2) is 15.1. The molecule has 34 heavy (non-hydrogen) atoms. The molecule has 0 aromatic rings. The van der Waals surface area contributed by atoms with E-state index in [2.05, 4.69) is 17.1 Å². The molecule has 1 saturated heterocycles. The van der Waals surface area contributed by atoms with Crippen molar-refractivity contribution >= 4 is 5.97 Å². The topological polar surface area (TPSA) is 66.6 Å². The van der Waals surface area contributed by atoms with Gasteiger partial charge in [0.15, 0.2) is 0 Å². The van der Waals surface area contributed by atoms with Crippen LogP contribution in [0.1, 0.15) is 122 Å². The second-order valence-electron chi connectivity index (χ2n) is 11.4. The average molecular weight is 473 g/mol. The number of nitrogens with two attached hydrogens (primary N) is 1. The fourth-order valence-corrected chi connectivity index (χ4v) is 6.78. The normalized spacial score (nSPS) is 28.5. The van der Waals surface area contributed by atoms with Gasteiger partial charge >= 0.3 is 5.97 Å². The summed E-state index contributed by atoms with van der Waals surface area (Å²) >= 11 is 0. The van der Waals surface area contributed by atoms with Crippen LogP contribution in [0.5, 0.6) is 0 Å². The highest BCUT2D eigenvalue weighted by Crippen LogP contribution is 2.49. The van der Waals surface area contributed by atoms with Crippen LogP contribution in [0.3, 0.4) is 0 Å². The first-order valence-electron chi connectivity index (χ1n) is 14.7. The number of rotatable bonds is 11. The van der Waals surface area contributed by atoms with Gasteiger partial charge in [-0.2, -0.15) is 0 Å². The lowest BCUT2D eigenvalue weighted by Crippen LogP contribution is -2.50. The van der Waals surface area contributed by atoms with E-state index in [0.29, 0.717) is 5.57 Å². The van der Waals surface area contributed by atoms with E-state index >= 15 is 0 Å². The van der Waals surface area contributed by atoms with Crippen LogP contribution in [-0.2, 0) is 4.79 Å². The van der Waals surface area contributed by atoms with Crippen molar-refractivity contribution in [2.75, 3.05) is 26.2 Å². The first-order valence-corrected chi connectivity index (χ1v) is 14.7. The Morgan fingerprint density at radius 3 is 2.18 bits per heavy atom. The van der Waals surface area contributed by atoms with E-state index in [9.17, 15) is 9.90 Å². The number of nitrogens with zero attached hydrogens (tertiary/aromatic N) is 1. The number of hydrogen-bond donors (Lipinski definition) is 2. The number of unbranched alkanes of at least 4 members (excludes halogenated alkanes) is 7. The fraction of sp³-hybridized carbons (Fsp3) is 0.833. The summed E-state index contributed by atoms with van der Waals surface area (Å²) < 4.78 is 0. The largest absolute Gasteiger partial charge is 0.478 e. The number of aliphatic carboxylic acids is 1. The Morgan fingerprint density at radius 2 is 1.50 bits per heavy atom. The number of carboxylic acid groups (broad SMARTS) is 1. The van der Waals surface area contributed by atoms with Crippen molar-refractivity contribution in [2.45, 2.75) is 122 Å². The highest BCUT2D eigenvalue weighted by molar-refractivity contribution is 5.88. The van der Waals surface area contributed by atoms with Crippen LogP contribution in [0, 0.1) is 11.3 Å². The highest BCUT2D eigenvalue weighted by atomic mass is 16.4. The summed E-state index contributed by atoms with van der Waals surface area (Å²) in [4.78, 5) is 15.0. The monoisotopic (exact) mass is 472 g/mol. The molecule has 3 rings (SSSR count). The molecule has 0 amide bonds. The van der Waals surface area contributed by atoms with Crippen LogP contribution in [0.15, 0.2) is 23.3 Å². The predicted octanol–water partition coefficient (Wildman–Crippen LogP) is 7.24. The Morgan fingerprint density at radius 1 is 0.882 bits per heavy atom. The van der Waals surface area contributed by atoms with Crippen LogP contribution in [-0.4, -0.2) is 42.2 Å². The van der Waals surface area contributed by atoms with Gasteiger partial charge in [-0.05, 0) is 64.2 Å². The first kappa shape index (κ1) is 27.5. The van der Waals surface area contributed by atoms with Crippen LogP contribution < -0.4 is 5.73 Å². The molecule has 0 aromatic carbocycles. The van der Waals surface area contributed by atoms with Gasteiger partial charge < -0.3 is 15.7 Å². The minimum Gasteiger partial charge on any atom is -0.478 e. The summed E-state index contributed by atoms with van der Waals surface area (Å²) in [7, 11) is 0. The number of fused-ring (bicyclic) bond motifs is 1. The number of carbonyl (C=O) groups is 1. The van der Waals surface area contributed by atoms with Gasteiger partial charge in [-0.25, -0.2) is 4.79 Å². The maximum atomic E-state index is 12.3. The Kier molecular flexibility index (Phi) is 12.2. The molecule has 1 aliphatic carbocycles. The van der Waals surface area contributed by atoms with E-state index in [1.807, 2.05) is 0 Å². The number of piperidine rings is 1. The molecule has 4 nitrogen and oxygen atoms in total. The molecule has 3 bridgehead atoms. The molecular weight excluding hydrogens is 420 g/mol. The van der Waals surface area contributed by atoms with Crippen molar-refractivity contribution in [3.05, 3.63) is 23.3 Å². The van der Waals surface area contributed by atoms with Gasteiger partial charge in [0.2, 0.25) is 0 Å². The fourth-order valence-electron chi connectivity index (χ4n) is 6.78. The third kappa shape index (κ3) is 8.52. The minimum atomic E-state index is -0.677. The lowest BCUT2D eigenvalue weighted by Gasteiger charge is -2.49. The summed E-state index contributed by atoms with van der Waals surface area (Å²) in [6.45, 7) is 4.13. The molecular formula is C30H52N2O2. The van der Waals surface area contributed by atoms with Crippen LogP contribution in [0.25, 0.3) is 0 Å². The van der Waals surface area contributed by atoms with Gasteiger partial charge in [-0.15, -0.1) is 0 Å². The third-order valence-corrected chi connectivity index (χ3v) is 8.67. The molecule has 1 unspecified atom stereocenters. The van der Waals surface area contributed by atoms with Gasteiger partial charge in [-0.1, -0.05) is 95.1 Å². The summed E-state index contributed by atoms with van der Waals surface area (Å²) in [5, 5.41) is 10.1. The molecule has 0 radical (unpaired) electrons. The van der Waals surface area contributed by atoms with E-state index < -0.39 is 5.97 Å². The van der Waals surface area contributed by atoms with Gasteiger partial charge in [0.25, 0.3) is 0 Å². The average Bonchev–Trinajstić information content (AvgIpc) is 2.83. The van der Waals surface area contributed by atoms with E-state index in [0.717, 1.165) is 45.3 Å². The molecule has 3 N–H and O–H groups in total. The van der Waals surface area contributed by atoms with E-state index in [1.165, 1.54) is 108 Å². The molecule has 2 aliphatic heterocycles. The van der Waals surface area contributed by atoms with Crippen molar-refractivity contribution in [1.82, 2.24) is 4.90 Å². The van der Waals surface area contributed by atoms with Crippen molar-refractivity contribution in [3.63, 3.8) is 0 Å². The smallest absolute Gasteiger partial charge is 0.331 e. The Bertz CT molecular complexity index is 671. The van der Waals surface area contributed by atoms with Gasteiger partial charge in [0, 0.05) is 23.5 Å².